The van der Waals surface area contributed by atoms with Crippen molar-refractivity contribution in [3.63, 3.8) is 0 Å². The second-order valence-corrected chi connectivity index (χ2v) is 11.8. The average molecular weight is 450 g/mol. The van der Waals surface area contributed by atoms with E-state index >= 15 is 0 Å². The average Bonchev–Trinajstić information content (AvgIpc) is 3.03. The number of thiophene rings is 1. The molecule has 0 saturated carbocycles. The van der Waals surface area contributed by atoms with Crippen molar-refractivity contribution in [2.24, 2.45) is 0 Å². The summed E-state index contributed by atoms with van der Waals surface area (Å²) < 4.78 is 41.7. The van der Waals surface area contributed by atoms with Crippen molar-refractivity contribution < 1.29 is 17.9 Å². The first-order valence-electron chi connectivity index (χ1n) is 9.15. The predicted molar refractivity (Wildman–Crippen MR) is 116 cm³/mol. The van der Waals surface area contributed by atoms with E-state index in [1.165, 1.54) is 11.3 Å². The lowest BCUT2D eigenvalue weighted by Gasteiger charge is -2.27. The highest BCUT2D eigenvalue weighted by atomic mass is 32.3. The molecular weight excluding hydrogens is 418 g/mol. The first-order chi connectivity index (χ1) is 13.1. The summed E-state index contributed by atoms with van der Waals surface area (Å²) in [6.07, 6.45) is 3.99. The molecule has 7 nitrogen and oxygen atoms in total. The fourth-order valence-electron chi connectivity index (χ4n) is 2.58. The lowest BCUT2D eigenvalue weighted by Crippen LogP contribution is -2.40. The van der Waals surface area contributed by atoms with Crippen molar-refractivity contribution in [1.29, 1.82) is 0 Å². The molecule has 0 spiro atoms. The molecule has 0 atom stereocenters. The second-order valence-electron chi connectivity index (χ2n) is 7.54. The third-order valence-corrected chi connectivity index (χ3v) is 8.48. The topological polar surface area (TPSA) is 71.1 Å². The van der Waals surface area contributed by atoms with Gasteiger partial charge in [0.25, 0.3) is 10.0 Å². The van der Waals surface area contributed by atoms with Gasteiger partial charge in [0.15, 0.2) is 0 Å². The fraction of sp³-hybridized carbons (Fsp3) is 0.667. The number of nitrogens with zero attached hydrogens (tertiary/aromatic N) is 2. The van der Waals surface area contributed by atoms with E-state index in [-0.39, 0.29) is 0 Å². The van der Waals surface area contributed by atoms with E-state index in [4.69, 9.17) is 9.47 Å². The van der Waals surface area contributed by atoms with Crippen LogP contribution in [-0.2, 0) is 19.5 Å². The van der Waals surface area contributed by atoms with Crippen LogP contribution in [0.15, 0.2) is 20.7 Å². The number of hydrogen-bond donors (Lipinski definition) is 1. The molecule has 0 unspecified atom stereocenters. The zero-order valence-corrected chi connectivity index (χ0v) is 19.7. The van der Waals surface area contributed by atoms with Crippen LogP contribution in [0.2, 0.25) is 0 Å². The Kier molecular flexibility index (Phi) is 8.80. The summed E-state index contributed by atoms with van der Waals surface area (Å²) in [4.78, 5) is 2.30. The molecule has 28 heavy (non-hydrogen) atoms. The Morgan fingerprint density at radius 1 is 1.14 bits per heavy atom. The maximum absolute atomic E-state index is 12.6. The van der Waals surface area contributed by atoms with E-state index < -0.39 is 15.6 Å². The van der Waals surface area contributed by atoms with Gasteiger partial charge >= 0.3 is 0 Å². The van der Waals surface area contributed by atoms with E-state index in [9.17, 15) is 8.42 Å². The summed E-state index contributed by atoms with van der Waals surface area (Å²) in [6.45, 7) is 10.3. The van der Waals surface area contributed by atoms with Crippen LogP contribution < -0.4 is 4.72 Å². The predicted octanol–water partition coefficient (Wildman–Crippen LogP) is 2.71. The van der Waals surface area contributed by atoms with Crippen LogP contribution in [-0.4, -0.2) is 76.8 Å². The summed E-state index contributed by atoms with van der Waals surface area (Å²) in [5, 5.41) is 0. The van der Waals surface area contributed by atoms with Gasteiger partial charge in [0.2, 0.25) is 0 Å². The van der Waals surface area contributed by atoms with Gasteiger partial charge in [-0.1, -0.05) is 0 Å². The molecule has 160 valence electrons. The van der Waals surface area contributed by atoms with Crippen molar-refractivity contribution in [2.75, 3.05) is 53.6 Å². The molecule has 0 aliphatic carbocycles. The standard InChI is InChI=1S/C18H31N3O4S3/c1-18(2,3)19-28(22,23)16-14-15-6-7-21(27-17(15)26-16)9-8-20(10-12-24-4)11-13-25-5/h6-7,14,19H,8-13H2,1-5H3. The summed E-state index contributed by atoms with van der Waals surface area (Å²) in [5.74, 6) is 0. The monoisotopic (exact) mass is 449 g/mol. The lowest BCUT2D eigenvalue weighted by molar-refractivity contribution is 0.113. The number of fused-ring (bicyclic) bond motifs is 1. The first kappa shape index (κ1) is 23.7. The van der Waals surface area contributed by atoms with Gasteiger partial charge in [0, 0.05) is 57.7 Å². The van der Waals surface area contributed by atoms with Crippen molar-refractivity contribution in [1.82, 2.24) is 13.9 Å². The fourth-order valence-corrected chi connectivity index (χ4v) is 6.80. The third-order valence-electron chi connectivity index (χ3n) is 3.89. The number of ether oxygens (including phenoxy) is 2. The molecule has 1 aromatic heterocycles. The highest BCUT2D eigenvalue weighted by Gasteiger charge is 2.26. The summed E-state index contributed by atoms with van der Waals surface area (Å²) in [6, 6.07) is 1.75. The van der Waals surface area contributed by atoms with Crippen molar-refractivity contribution in [2.45, 2.75) is 34.7 Å². The Morgan fingerprint density at radius 2 is 1.79 bits per heavy atom. The highest BCUT2D eigenvalue weighted by molar-refractivity contribution is 7.99. The number of rotatable bonds is 11. The van der Waals surface area contributed by atoms with E-state index in [0.29, 0.717) is 17.4 Å². The quantitative estimate of drug-likeness (QED) is 0.521. The van der Waals surface area contributed by atoms with Crippen LogP contribution in [0, 0.1) is 0 Å². The Labute approximate surface area is 177 Å². The van der Waals surface area contributed by atoms with Crippen LogP contribution in [0.25, 0.3) is 6.08 Å². The van der Waals surface area contributed by atoms with Crippen LogP contribution in [0.1, 0.15) is 26.3 Å². The molecule has 1 aliphatic rings. The molecule has 0 aromatic carbocycles. The third kappa shape index (κ3) is 7.33. The van der Waals surface area contributed by atoms with Gasteiger partial charge in [-0.25, -0.2) is 13.1 Å². The molecule has 0 radical (unpaired) electrons. The molecule has 1 aliphatic heterocycles. The summed E-state index contributed by atoms with van der Waals surface area (Å²) in [5.41, 5.74) is 0.447. The van der Waals surface area contributed by atoms with Crippen LogP contribution >= 0.6 is 23.3 Å². The molecule has 0 fully saturated rings. The van der Waals surface area contributed by atoms with Crippen LogP contribution in [0.3, 0.4) is 0 Å². The second kappa shape index (κ2) is 10.4. The lowest BCUT2D eigenvalue weighted by atomic mass is 10.1. The first-order valence-corrected chi connectivity index (χ1v) is 12.2. The number of sulfonamides is 1. The van der Waals surface area contributed by atoms with Gasteiger partial charge in [-0.15, -0.1) is 11.3 Å². The Bertz CT molecular complexity index is 749. The number of hydrogen-bond acceptors (Lipinski definition) is 8. The van der Waals surface area contributed by atoms with Gasteiger partial charge in [0.1, 0.15) is 4.21 Å². The number of methoxy groups -OCH3 is 2. The normalized spacial score (nSPS) is 14.7. The Balaban J connectivity index is 1.98. The van der Waals surface area contributed by atoms with Crippen molar-refractivity contribution in [3.8, 4) is 0 Å². The largest absolute Gasteiger partial charge is 0.383 e. The Morgan fingerprint density at radius 3 is 2.36 bits per heavy atom. The minimum Gasteiger partial charge on any atom is -0.383 e. The maximum atomic E-state index is 12.6. The molecule has 0 saturated heterocycles. The number of nitrogens with one attached hydrogen (secondary N) is 1. The SMILES string of the molecule is COCCN(CCOC)CCN1C=Cc2cc(S(=O)(=O)NC(C)(C)C)sc2S1. The molecule has 2 rings (SSSR count). The smallest absolute Gasteiger partial charge is 0.250 e. The van der Waals surface area contributed by atoms with Crippen LogP contribution in [0.5, 0.6) is 0 Å². The van der Waals surface area contributed by atoms with E-state index in [1.54, 1.807) is 32.2 Å². The summed E-state index contributed by atoms with van der Waals surface area (Å²) in [7, 11) is -0.0999. The van der Waals surface area contributed by atoms with Crippen molar-refractivity contribution >= 4 is 39.4 Å². The van der Waals surface area contributed by atoms with Crippen LogP contribution in [0.4, 0.5) is 0 Å². The molecular formula is C18H31N3O4S3. The zero-order chi connectivity index (χ0) is 20.8. The van der Waals surface area contributed by atoms with Gasteiger partial charge in [0.05, 0.1) is 17.4 Å². The van der Waals surface area contributed by atoms with Gasteiger partial charge in [-0.3, -0.25) is 4.90 Å². The van der Waals surface area contributed by atoms with Gasteiger partial charge in [-0.05, 0) is 44.9 Å². The highest BCUT2D eigenvalue weighted by Crippen LogP contribution is 2.40. The minimum atomic E-state index is -3.51. The van der Waals surface area contributed by atoms with E-state index in [0.717, 1.165) is 36.0 Å². The maximum Gasteiger partial charge on any atom is 0.250 e. The van der Waals surface area contributed by atoms with Crippen molar-refractivity contribution in [3.05, 3.63) is 17.8 Å². The molecule has 2 heterocycles. The molecule has 1 aromatic rings. The molecule has 10 heteroatoms. The van der Waals surface area contributed by atoms with Gasteiger partial charge < -0.3 is 13.8 Å². The zero-order valence-electron chi connectivity index (χ0n) is 17.2. The van der Waals surface area contributed by atoms with E-state index in [2.05, 4.69) is 13.9 Å². The Hall–Kier alpha value is -0.620. The summed E-state index contributed by atoms with van der Waals surface area (Å²) >= 11 is 2.90. The molecule has 0 amide bonds. The van der Waals surface area contributed by atoms with Gasteiger partial charge in [-0.2, -0.15) is 0 Å². The molecule has 1 N–H and O–H groups in total. The van der Waals surface area contributed by atoms with E-state index in [1.807, 2.05) is 33.0 Å². The molecule has 0 bridgehead atoms. The minimum absolute atomic E-state index is 0.355.